The average Bonchev–Trinajstić information content (AvgIpc) is 2.86. The Bertz CT molecular complexity index is 1200. The van der Waals surface area contributed by atoms with Crippen molar-refractivity contribution < 1.29 is 55.0 Å². The highest BCUT2D eigenvalue weighted by atomic mass is 19.4. The summed E-state index contributed by atoms with van der Waals surface area (Å²) in [5, 5.41) is 0. The number of halogens is 6. The number of hydrogen-bond acceptors (Lipinski definition) is 7. The Labute approximate surface area is 226 Å². The first-order valence-corrected chi connectivity index (χ1v) is 11.6. The van der Waals surface area contributed by atoms with Gasteiger partial charge in [-0.15, -0.1) is 0 Å². The van der Waals surface area contributed by atoms with Crippen LogP contribution in [0, 0.1) is 0 Å². The summed E-state index contributed by atoms with van der Waals surface area (Å²) >= 11 is 0. The lowest BCUT2D eigenvalue weighted by atomic mass is 10.0. The van der Waals surface area contributed by atoms with Crippen LogP contribution >= 0.6 is 0 Å². The van der Waals surface area contributed by atoms with E-state index in [1.165, 1.54) is 11.1 Å². The number of carbonyl (C=O) groups is 4. The molecule has 0 aromatic heterocycles. The number of ketones is 2. The lowest BCUT2D eigenvalue weighted by Crippen LogP contribution is -2.19. The fourth-order valence-electron chi connectivity index (χ4n) is 2.93. The van der Waals surface area contributed by atoms with Crippen LogP contribution in [0.15, 0.2) is 60.3 Å². The first-order valence-electron chi connectivity index (χ1n) is 11.6. The van der Waals surface area contributed by atoms with Gasteiger partial charge in [0.15, 0.2) is 5.78 Å². The molecule has 0 radical (unpaired) electrons. The van der Waals surface area contributed by atoms with Crippen molar-refractivity contribution in [2.45, 2.75) is 32.6 Å². The standard InChI is InChI=1S/C15H16F3NO3.C12H11F3O3/c1-4-22-14(21)12(9-19(2)3)13(20)10-5-7-11(8-6-10)15(16,17)18;1-2-18-11(17)7-10(16)8-3-5-9(6-4-8)12(13,14)15/h5-9H,4H2,1-3H3;3-6H,2,7H2,1H3. The van der Waals surface area contributed by atoms with Crippen molar-refractivity contribution in [3.8, 4) is 0 Å². The van der Waals surface area contributed by atoms with Crippen LogP contribution in [0.4, 0.5) is 26.3 Å². The summed E-state index contributed by atoms with van der Waals surface area (Å²) in [7, 11) is 3.22. The Balaban J connectivity index is 0.000000408. The van der Waals surface area contributed by atoms with Gasteiger partial charge in [-0.1, -0.05) is 24.3 Å². The number of alkyl halides is 6. The molecular formula is C27H27F6NO6. The Morgan fingerprint density at radius 1 is 0.725 bits per heavy atom. The molecule has 0 heterocycles. The number of esters is 2. The van der Waals surface area contributed by atoms with Gasteiger partial charge in [-0.2, -0.15) is 26.3 Å². The Morgan fingerprint density at radius 2 is 1.15 bits per heavy atom. The third-order valence-corrected chi connectivity index (χ3v) is 4.75. The zero-order valence-electron chi connectivity index (χ0n) is 22.0. The third kappa shape index (κ3) is 10.9. The molecule has 7 nitrogen and oxygen atoms in total. The minimum Gasteiger partial charge on any atom is -0.466 e. The van der Waals surface area contributed by atoms with Crippen LogP contribution in [0.25, 0.3) is 0 Å². The number of Topliss-reactive ketones (excluding diaryl/α,β-unsaturated/α-hetero) is 2. The Hall–Kier alpha value is -4.16. The van der Waals surface area contributed by atoms with Crippen molar-refractivity contribution in [1.29, 1.82) is 0 Å². The molecule has 40 heavy (non-hydrogen) atoms. The predicted molar refractivity (Wildman–Crippen MR) is 131 cm³/mol. The highest BCUT2D eigenvalue weighted by Crippen LogP contribution is 2.30. The van der Waals surface area contributed by atoms with Crippen LogP contribution < -0.4 is 0 Å². The summed E-state index contributed by atoms with van der Waals surface area (Å²) < 4.78 is 83.7. The normalized spacial score (nSPS) is 11.6. The summed E-state index contributed by atoms with van der Waals surface area (Å²) in [6.45, 7) is 3.43. The first-order chi connectivity index (χ1) is 18.5. The molecule has 0 atom stereocenters. The molecule has 2 rings (SSSR count). The van der Waals surface area contributed by atoms with E-state index in [0.717, 1.165) is 48.5 Å². The monoisotopic (exact) mass is 575 g/mol. The van der Waals surface area contributed by atoms with Gasteiger partial charge in [0.2, 0.25) is 5.78 Å². The van der Waals surface area contributed by atoms with Crippen LogP contribution in [0.1, 0.15) is 52.1 Å². The molecule has 0 saturated heterocycles. The smallest absolute Gasteiger partial charge is 0.416 e. The van der Waals surface area contributed by atoms with Gasteiger partial charge in [0.1, 0.15) is 12.0 Å². The summed E-state index contributed by atoms with van der Waals surface area (Å²) in [5.41, 5.74) is -1.91. The minimum atomic E-state index is -4.48. The number of benzene rings is 2. The van der Waals surface area contributed by atoms with Crippen LogP contribution in [0.5, 0.6) is 0 Å². The van der Waals surface area contributed by atoms with Crippen LogP contribution in [0.2, 0.25) is 0 Å². The highest BCUT2D eigenvalue weighted by molar-refractivity contribution is 6.24. The topological polar surface area (TPSA) is 90.0 Å². The van der Waals surface area contributed by atoms with Gasteiger partial charge in [-0.3, -0.25) is 14.4 Å². The Morgan fingerprint density at radius 3 is 1.52 bits per heavy atom. The maximum atomic E-state index is 12.5. The maximum Gasteiger partial charge on any atom is 0.416 e. The fraction of sp³-hybridized carbons (Fsp3) is 0.333. The van der Waals surface area contributed by atoms with Crippen LogP contribution in [-0.4, -0.2) is 55.7 Å². The molecule has 218 valence electrons. The van der Waals surface area contributed by atoms with E-state index in [1.807, 2.05) is 0 Å². The van der Waals surface area contributed by atoms with Gasteiger partial charge in [0.05, 0.1) is 24.3 Å². The van der Waals surface area contributed by atoms with Gasteiger partial charge in [-0.05, 0) is 38.1 Å². The van der Waals surface area contributed by atoms with Gasteiger partial charge in [-0.25, -0.2) is 4.79 Å². The van der Waals surface area contributed by atoms with E-state index in [9.17, 15) is 45.5 Å². The number of nitrogens with zero attached hydrogens (tertiary/aromatic N) is 1. The van der Waals surface area contributed by atoms with Crippen LogP contribution in [0.3, 0.4) is 0 Å². The maximum absolute atomic E-state index is 12.5. The van der Waals surface area contributed by atoms with Crippen molar-refractivity contribution in [3.63, 3.8) is 0 Å². The largest absolute Gasteiger partial charge is 0.466 e. The molecule has 0 saturated carbocycles. The molecular weight excluding hydrogens is 548 g/mol. The van der Waals surface area contributed by atoms with Gasteiger partial charge >= 0.3 is 24.3 Å². The second-order valence-electron chi connectivity index (χ2n) is 8.11. The van der Waals surface area contributed by atoms with E-state index in [1.54, 1.807) is 27.9 Å². The third-order valence-electron chi connectivity index (χ3n) is 4.75. The summed E-state index contributed by atoms with van der Waals surface area (Å²) in [6.07, 6.45) is -8.12. The molecule has 0 aliphatic rings. The van der Waals surface area contributed by atoms with E-state index in [4.69, 9.17) is 4.74 Å². The van der Waals surface area contributed by atoms with Crippen LogP contribution in [-0.2, 0) is 31.4 Å². The van der Waals surface area contributed by atoms with Gasteiger partial charge < -0.3 is 14.4 Å². The molecule has 0 unspecified atom stereocenters. The summed E-state index contributed by atoms with van der Waals surface area (Å²) in [5.74, 6) is -2.77. The fourth-order valence-corrected chi connectivity index (χ4v) is 2.93. The van der Waals surface area contributed by atoms with E-state index in [0.29, 0.717) is 0 Å². The molecule has 2 aromatic carbocycles. The van der Waals surface area contributed by atoms with Crippen molar-refractivity contribution in [2.24, 2.45) is 0 Å². The zero-order valence-corrected chi connectivity index (χ0v) is 22.0. The quantitative estimate of drug-likeness (QED) is 0.0941. The second-order valence-corrected chi connectivity index (χ2v) is 8.11. The van der Waals surface area contributed by atoms with E-state index < -0.39 is 53.4 Å². The molecule has 0 N–H and O–H groups in total. The molecule has 0 aliphatic heterocycles. The van der Waals surface area contributed by atoms with Crippen molar-refractivity contribution >= 4 is 23.5 Å². The van der Waals surface area contributed by atoms with Gasteiger partial charge in [0.25, 0.3) is 0 Å². The minimum absolute atomic E-state index is 0.0193. The molecule has 2 aromatic rings. The van der Waals surface area contributed by atoms with Crippen molar-refractivity contribution in [1.82, 2.24) is 4.90 Å². The summed E-state index contributed by atoms with van der Waals surface area (Å²) in [4.78, 5) is 48.1. The molecule has 0 amide bonds. The highest BCUT2D eigenvalue weighted by Gasteiger charge is 2.31. The average molecular weight is 576 g/mol. The predicted octanol–water partition coefficient (Wildman–Crippen LogP) is 5.74. The number of ether oxygens (including phenoxy) is 2. The zero-order chi connectivity index (χ0) is 30.7. The van der Waals surface area contributed by atoms with Gasteiger partial charge in [0, 0.05) is 31.4 Å². The first kappa shape index (κ1) is 33.9. The Kier molecular flexibility index (Phi) is 12.6. The molecule has 13 heteroatoms. The van der Waals surface area contributed by atoms with E-state index >= 15 is 0 Å². The molecule has 0 bridgehead atoms. The summed E-state index contributed by atoms with van der Waals surface area (Å²) in [6, 6.07) is 7.37. The SMILES string of the molecule is CCOC(=O)C(=CN(C)C)C(=O)c1ccc(C(F)(F)F)cc1.CCOC(=O)CC(=O)c1ccc(C(F)(F)F)cc1. The molecule has 0 fully saturated rings. The second kappa shape index (κ2) is 14.8. The van der Waals surface area contributed by atoms with Crippen molar-refractivity contribution in [3.05, 3.63) is 82.6 Å². The lowest BCUT2D eigenvalue weighted by molar-refractivity contribution is -0.142. The number of carbonyl (C=O) groups excluding carboxylic acids is 4. The number of hydrogen-bond donors (Lipinski definition) is 0. The van der Waals surface area contributed by atoms with Crippen molar-refractivity contribution in [2.75, 3.05) is 27.3 Å². The van der Waals surface area contributed by atoms with E-state index in [-0.39, 0.29) is 29.9 Å². The number of rotatable bonds is 9. The van der Waals surface area contributed by atoms with E-state index in [2.05, 4.69) is 4.74 Å². The molecule has 0 spiro atoms. The lowest BCUT2D eigenvalue weighted by Gasteiger charge is -2.11. The molecule has 0 aliphatic carbocycles.